The average Bonchev–Trinajstić information content (AvgIpc) is 3.79. The Balaban J connectivity index is 1.60. The predicted molar refractivity (Wildman–Crippen MR) is 152 cm³/mol. The first-order valence-corrected chi connectivity index (χ1v) is 13.4. The summed E-state index contributed by atoms with van der Waals surface area (Å²) in [6, 6.07) is 21.1. The largest absolute Gasteiger partial charge is 0.463 e. The molecule has 192 valence electrons. The first-order chi connectivity index (χ1) is 19.5. The number of nitrogens with zero attached hydrogens (tertiary/aromatic N) is 4. The molecule has 0 unspecified atom stereocenters. The van der Waals surface area contributed by atoms with Gasteiger partial charge in [0.15, 0.2) is 27.6 Å². The van der Waals surface area contributed by atoms with Crippen molar-refractivity contribution >= 4 is 38.7 Å². The fourth-order valence-corrected chi connectivity index (χ4v) is 6.30. The van der Waals surface area contributed by atoms with Gasteiger partial charge >= 0.3 is 0 Å². The van der Waals surface area contributed by atoms with Gasteiger partial charge in [-0.1, -0.05) is 46.9 Å². The lowest BCUT2D eigenvalue weighted by Crippen LogP contribution is -2.08. The predicted octanol–water partition coefficient (Wildman–Crippen LogP) is 6.59. The molecule has 0 aliphatic heterocycles. The highest BCUT2D eigenvalue weighted by molar-refractivity contribution is 7.19. The Morgan fingerprint density at radius 3 is 1.52 bits per heavy atom. The highest BCUT2D eigenvalue weighted by Crippen LogP contribution is 2.45. The molecule has 0 aliphatic carbocycles. The van der Waals surface area contributed by atoms with Crippen LogP contribution in [0.15, 0.2) is 82.0 Å². The highest BCUT2D eigenvalue weighted by Gasteiger charge is 2.28. The third kappa shape index (κ3) is 4.12. The summed E-state index contributed by atoms with van der Waals surface area (Å²) in [7, 11) is 0. The summed E-state index contributed by atoms with van der Waals surface area (Å²) in [5.74, 6) is 0.489. The maximum absolute atomic E-state index is 14.4. The molecule has 2 aromatic carbocycles. The monoisotopic (exact) mass is 560 g/mol. The van der Waals surface area contributed by atoms with E-state index in [1.807, 2.05) is 0 Å². The summed E-state index contributed by atoms with van der Waals surface area (Å²) in [5, 5.41) is 20.6. The van der Waals surface area contributed by atoms with Crippen molar-refractivity contribution in [3.63, 3.8) is 0 Å². The molecule has 4 N–H and O–H groups in total. The molecule has 0 spiro atoms. The van der Waals surface area contributed by atoms with Crippen molar-refractivity contribution in [1.29, 1.82) is 10.5 Å². The minimum Gasteiger partial charge on any atom is -0.463 e. The van der Waals surface area contributed by atoms with Gasteiger partial charge in [0, 0.05) is 22.3 Å². The van der Waals surface area contributed by atoms with E-state index in [4.69, 9.17) is 20.3 Å². The van der Waals surface area contributed by atoms with Crippen molar-refractivity contribution in [3.05, 3.63) is 95.4 Å². The van der Waals surface area contributed by atoms with E-state index in [0.717, 1.165) is 22.7 Å². The van der Waals surface area contributed by atoms with Gasteiger partial charge in [0.1, 0.15) is 11.4 Å². The minimum absolute atomic E-state index is 0.240. The van der Waals surface area contributed by atoms with Gasteiger partial charge < -0.3 is 20.3 Å². The Hall–Kier alpha value is -5.49. The fourth-order valence-electron chi connectivity index (χ4n) is 4.48. The quantitative estimate of drug-likeness (QED) is 0.213. The van der Waals surface area contributed by atoms with Crippen LogP contribution in [0.25, 0.3) is 43.8 Å². The minimum atomic E-state index is -0.408. The summed E-state index contributed by atoms with van der Waals surface area (Å²) < 4.78 is 11.1. The zero-order valence-electron chi connectivity index (χ0n) is 20.4. The molecule has 0 saturated carbocycles. The second-order valence-electron chi connectivity index (χ2n) is 8.42. The number of nitriles is 2. The lowest BCUT2D eigenvalue weighted by atomic mass is 9.89. The molecule has 0 aliphatic rings. The van der Waals surface area contributed by atoms with E-state index in [-0.39, 0.29) is 32.5 Å². The van der Waals surface area contributed by atoms with Gasteiger partial charge in [-0.2, -0.15) is 10.5 Å². The molecule has 4 aromatic heterocycles. The van der Waals surface area contributed by atoms with Crippen molar-refractivity contribution in [2.75, 3.05) is 11.5 Å². The Bertz CT molecular complexity index is 1830. The summed E-state index contributed by atoms with van der Waals surface area (Å²) in [6.07, 6.45) is 3.02. The first kappa shape index (κ1) is 24.8. The number of rotatable bonds is 6. The van der Waals surface area contributed by atoms with E-state index in [9.17, 15) is 15.3 Å². The lowest BCUT2D eigenvalue weighted by Gasteiger charge is -2.14. The molecule has 4 heterocycles. The molecule has 6 aromatic rings. The van der Waals surface area contributed by atoms with Crippen LogP contribution in [0.2, 0.25) is 0 Å². The molecule has 40 heavy (non-hydrogen) atoms. The van der Waals surface area contributed by atoms with E-state index >= 15 is 0 Å². The van der Waals surface area contributed by atoms with Gasteiger partial charge in [-0.25, -0.2) is 9.97 Å². The molecule has 0 fully saturated rings. The van der Waals surface area contributed by atoms with Crippen molar-refractivity contribution in [1.82, 2.24) is 9.97 Å². The molecule has 0 saturated heterocycles. The number of hydrogen-bond acceptors (Lipinski definition) is 11. The number of thiazole rings is 2. The Morgan fingerprint density at radius 2 is 1.15 bits per heavy atom. The molecule has 0 bridgehead atoms. The SMILES string of the molecule is N#Cc1cccc(C(=O)c2cccc(C#N)c2-c2sc(N)nc2-c2ccco2)c1-c1sc(N)nc1-c1ccco1. The second kappa shape index (κ2) is 10.0. The van der Waals surface area contributed by atoms with Gasteiger partial charge in [0.05, 0.1) is 45.5 Å². The number of anilines is 2. The molecular weight excluding hydrogens is 544 g/mol. The maximum atomic E-state index is 14.4. The van der Waals surface area contributed by atoms with Crippen LogP contribution in [0.3, 0.4) is 0 Å². The summed E-state index contributed by atoms with van der Waals surface area (Å²) in [5.41, 5.74) is 14.8. The van der Waals surface area contributed by atoms with Gasteiger partial charge in [-0.05, 0) is 36.4 Å². The van der Waals surface area contributed by atoms with Crippen LogP contribution in [0.1, 0.15) is 27.0 Å². The molecule has 6 rings (SSSR count). The number of aromatic nitrogens is 2. The summed E-state index contributed by atoms with van der Waals surface area (Å²) >= 11 is 2.30. The third-order valence-electron chi connectivity index (χ3n) is 6.11. The molecular formula is C29H16N6O3S2. The second-order valence-corrected chi connectivity index (χ2v) is 10.5. The van der Waals surface area contributed by atoms with Crippen molar-refractivity contribution in [2.45, 2.75) is 0 Å². The normalized spacial score (nSPS) is 10.8. The third-order valence-corrected chi connectivity index (χ3v) is 7.91. The number of hydrogen-bond donors (Lipinski definition) is 2. The average molecular weight is 561 g/mol. The number of ketones is 1. The van der Waals surface area contributed by atoms with Crippen LogP contribution in [0.4, 0.5) is 10.3 Å². The smallest absolute Gasteiger partial charge is 0.194 e. The van der Waals surface area contributed by atoms with Crippen LogP contribution in [0.5, 0.6) is 0 Å². The Kier molecular flexibility index (Phi) is 6.21. The Morgan fingerprint density at radius 1 is 0.700 bits per heavy atom. The summed E-state index contributed by atoms with van der Waals surface area (Å²) in [6.45, 7) is 0. The summed E-state index contributed by atoms with van der Waals surface area (Å²) in [4.78, 5) is 24.3. The van der Waals surface area contributed by atoms with Crippen LogP contribution in [-0.4, -0.2) is 15.8 Å². The lowest BCUT2D eigenvalue weighted by molar-refractivity contribution is 0.104. The number of nitrogens with two attached hydrogens (primary N) is 2. The van der Waals surface area contributed by atoms with Gasteiger partial charge in [-0.3, -0.25) is 4.79 Å². The molecule has 9 nitrogen and oxygen atoms in total. The van der Waals surface area contributed by atoms with Gasteiger partial charge in [0.25, 0.3) is 0 Å². The highest BCUT2D eigenvalue weighted by atomic mass is 32.1. The number of furan rings is 2. The molecule has 0 amide bonds. The standard InChI is InChI=1S/C29H16N6O3S2/c30-13-15-5-1-7-17(21(15)26-23(34-28(32)39-26)19-9-3-11-37-19)25(36)18-8-2-6-16(14-31)22(18)27-24(35-29(33)40-27)20-10-4-12-38-20/h1-12H,(H2,32,34)(H2,33,35). The zero-order valence-corrected chi connectivity index (χ0v) is 22.0. The first-order valence-electron chi connectivity index (χ1n) is 11.7. The van der Waals surface area contributed by atoms with Crippen molar-refractivity contribution < 1.29 is 13.6 Å². The number of nitrogen functional groups attached to an aromatic ring is 2. The topological polar surface area (TPSA) is 169 Å². The van der Waals surface area contributed by atoms with Crippen LogP contribution in [-0.2, 0) is 0 Å². The Labute approximate surface area is 235 Å². The van der Waals surface area contributed by atoms with E-state index in [2.05, 4.69) is 22.1 Å². The van der Waals surface area contributed by atoms with Crippen LogP contribution in [0, 0.1) is 22.7 Å². The molecule has 0 radical (unpaired) electrons. The van der Waals surface area contributed by atoms with Crippen molar-refractivity contribution in [3.8, 4) is 55.9 Å². The number of benzene rings is 2. The van der Waals surface area contributed by atoms with E-state index in [0.29, 0.717) is 43.8 Å². The van der Waals surface area contributed by atoms with E-state index in [1.54, 1.807) is 60.7 Å². The maximum Gasteiger partial charge on any atom is 0.194 e. The van der Waals surface area contributed by atoms with Gasteiger partial charge in [0.2, 0.25) is 0 Å². The number of carbonyl (C=O) groups excluding carboxylic acids is 1. The van der Waals surface area contributed by atoms with Crippen LogP contribution < -0.4 is 11.5 Å². The zero-order chi connectivity index (χ0) is 27.8. The molecule has 11 heteroatoms. The van der Waals surface area contributed by atoms with E-state index < -0.39 is 5.78 Å². The van der Waals surface area contributed by atoms with E-state index in [1.165, 1.54) is 12.5 Å². The van der Waals surface area contributed by atoms with Crippen LogP contribution >= 0.6 is 22.7 Å². The molecule has 0 atom stereocenters. The van der Waals surface area contributed by atoms with Crippen molar-refractivity contribution in [2.24, 2.45) is 0 Å². The fraction of sp³-hybridized carbons (Fsp3) is 0. The number of carbonyl (C=O) groups is 1. The van der Waals surface area contributed by atoms with Gasteiger partial charge in [-0.15, -0.1) is 0 Å².